The average molecular weight is 282 g/mol. The van der Waals surface area contributed by atoms with E-state index in [2.05, 4.69) is 17.6 Å². The van der Waals surface area contributed by atoms with Gasteiger partial charge in [-0.1, -0.05) is 25.7 Å². The fourth-order valence-corrected chi connectivity index (χ4v) is 3.46. The second-order valence-electron chi connectivity index (χ2n) is 6.85. The van der Waals surface area contributed by atoms with E-state index in [0.717, 1.165) is 32.1 Å². The molecule has 2 fully saturated rings. The zero-order chi connectivity index (χ0) is 14.6. The smallest absolute Gasteiger partial charge is 0.315 e. The molecule has 20 heavy (non-hydrogen) atoms. The van der Waals surface area contributed by atoms with Crippen molar-refractivity contribution >= 4 is 12.0 Å². The van der Waals surface area contributed by atoms with Gasteiger partial charge in [0, 0.05) is 12.1 Å². The Hall–Kier alpha value is -1.26. The van der Waals surface area contributed by atoms with Crippen molar-refractivity contribution in [2.75, 3.05) is 6.54 Å². The van der Waals surface area contributed by atoms with E-state index in [4.69, 9.17) is 5.11 Å². The molecule has 0 radical (unpaired) electrons. The first-order chi connectivity index (χ1) is 9.43. The van der Waals surface area contributed by atoms with Gasteiger partial charge in [-0.2, -0.15) is 0 Å². The van der Waals surface area contributed by atoms with Gasteiger partial charge in [0.1, 0.15) is 0 Å². The third-order valence-corrected chi connectivity index (χ3v) is 4.94. The Kier molecular flexibility index (Phi) is 4.55. The summed E-state index contributed by atoms with van der Waals surface area (Å²) in [4.78, 5) is 22.9. The van der Waals surface area contributed by atoms with Gasteiger partial charge < -0.3 is 15.7 Å². The Morgan fingerprint density at radius 2 is 1.70 bits per heavy atom. The van der Waals surface area contributed by atoms with Gasteiger partial charge in [0.05, 0.1) is 6.42 Å². The van der Waals surface area contributed by atoms with E-state index in [9.17, 15) is 9.59 Å². The normalized spacial score (nSPS) is 23.4. The Bertz CT molecular complexity index is 371. The lowest BCUT2D eigenvalue weighted by molar-refractivity contribution is -0.141. The van der Waals surface area contributed by atoms with E-state index in [1.165, 1.54) is 19.3 Å². The summed E-state index contributed by atoms with van der Waals surface area (Å²) in [5.41, 5.74) is -0.307. The van der Waals surface area contributed by atoms with Crippen LogP contribution >= 0.6 is 0 Å². The summed E-state index contributed by atoms with van der Waals surface area (Å²) in [6, 6.07) is -0.147. The predicted octanol–water partition coefficient (Wildman–Crippen LogP) is 2.65. The number of rotatable bonds is 5. The van der Waals surface area contributed by atoms with Gasteiger partial charge in [-0.25, -0.2) is 4.79 Å². The van der Waals surface area contributed by atoms with Gasteiger partial charge in [-0.15, -0.1) is 0 Å². The largest absolute Gasteiger partial charge is 0.481 e. The van der Waals surface area contributed by atoms with Gasteiger partial charge >= 0.3 is 12.0 Å². The standard InChI is InChI=1S/C15H26N2O3/c1-14(6-3-2-4-7-14)17-13(20)16-11-15(8-5-9-15)10-12(18)19/h2-11H2,1H3,(H,18,19)(H2,16,17,20). The third kappa shape index (κ3) is 3.87. The van der Waals surface area contributed by atoms with Crippen molar-refractivity contribution in [3.8, 4) is 0 Å². The minimum Gasteiger partial charge on any atom is -0.481 e. The van der Waals surface area contributed by atoms with Crippen molar-refractivity contribution in [3.63, 3.8) is 0 Å². The molecule has 114 valence electrons. The van der Waals surface area contributed by atoms with Crippen molar-refractivity contribution in [1.29, 1.82) is 0 Å². The summed E-state index contributed by atoms with van der Waals surface area (Å²) in [6.07, 6.45) is 8.66. The number of amides is 2. The van der Waals surface area contributed by atoms with Crippen molar-refractivity contribution in [3.05, 3.63) is 0 Å². The van der Waals surface area contributed by atoms with Crippen molar-refractivity contribution in [2.45, 2.75) is 70.3 Å². The minimum absolute atomic E-state index is 0.0953. The summed E-state index contributed by atoms with van der Waals surface area (Å²) in [5.74, 6) is -0.772. The van der Waals surface area contributed by atoms with Gasteiger partial charge in [-0.05, 0) is 38.0 Å². The van der Waals surface area contributed by atoms with Crippen molar-refractivity contribution < 1.29 is 14.7 Å². The molecule has 0 unspecified atom stereocenters. The molecule has 5 heteroatoms. The first-order valence-electron chi connectivity index (χ1n) is 7.71. The fraction of sp³-hybridized carbons (Fsp3) is 0.867. The van der Waals surface area contributed by atoms with Crippen molar-refractivity contribution in [2.24, 2.45) is 5.41 Å². The highest BCUT2D eigenvalue weighted by Crippen LogP contribution is 2.43. The van der Waals surface area contributed by atoms with E-state index in [1.807, 2.05) is 0 Å². The van der Waals surface area contributed by atoms with Crippen LogP contribution in [-0.2, 0) is 4.79 Å². The summed E-state index contributed by atoms with van der Waals surface area (Å²) in [6.45, 7) is 2.57. The van der Waals surface area contributed by atoms with Gasteiger partial charge in [0.2, 0.25) is 0 Å². The number of hydrogen-bond donors (Lipinski definition) is 3. The summed E-state index contributed by atoms with van der Waals surface area (Å²) >= 11 is 0. The molecule has 2 rings (SSSR count). The van der Waals surface area contributed by atoms with Crippen LogP contribution in [0.5, 0.6) is 0 Å². The van der Waals surface area contributed by atoms with Crippen LogP contribution in [0.3, 0.4) is 0 Å². The molecule has 2 aliphatic rings. The average Bonchev–Trinajstić information content (AvgIpc) is 2.32. The molecule has 3 N–H and O–H groups in total. The van der Waals surface area contributed by atoms with Crippen LogP contribution in [0.25, 0.3) is 0 Å². The van der Waals surface area contributed by atoms with Crippen LogP contribution in [0.1, 0.15) is 64.7 Å². The van der Waals surface area contributed by atoms with Crippen LogP contribution < -0.4 is 10.6 Å². The van der Waals surface area contributed by atoms with E-state index >= 15 is 0 Å². The lowest BCUT2D eigenvalue weighted by Gasteiger charge is -2.41. The summed E-state index contributed by atoms with van der Waals surface area (Å²) < 4.78 is 0. The molecule has 0 aromatic rings. The highest BCUT2D eigenvalue weighted by molar-refractivity contribution is 5.75. The van der Waals surface area contributed by atoms with Crippen LogP contribution in [0.4, 0.5) is 4.79 Å². The van der Waals surface area contributed by atoms with Gasteiger partial charge in [-0.3, -0.25) is 4.79 Å². The second kappa shape index (κ2) is 6.02. The van der Waals surface area contributed by atoms with Crippen molar-refractivity contribution in [1.82, 2.24) is 10.6 Å². The highest BCUT2D eigenvalue weighted by Gasteiger charge is 2.39. The Labute approximate surface area is 120 Å². The maximum absolute atomic E-state index is 12.0. The molecule has 2 amide bonds. The zero-order valence-corrected chi connectivity index (χ0v) is 12.3. The molecule has 2 saturated carbocycles. The number of nitrogens with one attached hydrogen (secondary N) is 2. The molecule has 0 heterocycles. The molecule has 0 aromatic carbocycles. The Balaban J connectivity index is 1.78. The molecule has 0 saturated heterocycles. The van der Waals surface area contributed by atoms with E-state index in [0.29, 0.717) is 6.54 Å². The minimum atomic E-state index is -0.772. The highest BCUT2D eigenvalue weighted by atomic mass is 16.4. The van der Waals surface area contributed by atoms with Crippen LogP contribution in [0.15, 0.2) is 0 Å². The molecule has 0 bridgehead atoms. The molecular weight excluding hydrogens is 256 g/mol. The number of aliphatic carboxylic acids is 1. The number of carbonyl (C=O) groups excluding carboxylic acids is 1. The topological polar surface area (TPSA) is 78.4 Å². The van der Waals surface area contributed by atoms with E-state index < -0.39 is 5.97 Å². The predicted molar refractivity (Wildman–Crippen MR) is 76.6 cm³/mol. The van der Waals surface area contributed by atoms with Gasteiger partial charge in [0.25, 0.3) is 0 Å². The molecular formula is C15H26N2O3. The zero-order valence-electron chi connectivity index (χ0n) is 12.3. The molecule has 0 spiro atoms. The number of carboxylic acid groups (broad SMARTS) is 1. The first kappa shape index (κ1) is 15.1. The maximum Gasteiger partial charge on any atom is 0.315 e. The van der Waals surface area contributed by atoms with Gasteiger partial charge in [0.15, 0.2) is 0 Å². The maximum atomic E-state index is 12.0. The number of carbonyl (C=O) groups is 2. The number of carboxylic acids is 1. The molecule has 5 nitrogen and oxygen atoms in total. The number of urea groups is 1. The van der Waals surface area contributed by atoms with E-state index in [1.54, 1.807) is 0 Å². The lowest BCUT2D eigenvalue weighted by Crippen LogP contribution is -2.53. The second-order valence-corrected chi connectivity index (χ2v) is 6.85. The Morgan fingerprint density at radius 3 is 2.20 bits per heavy atom. The lowest BCUT2D eigenvalue weighted by atomic mass is 9.66. The molecule has 0 aliphatic heterocycles. The molecule has 2 aliphatic carbocycles. The quantitative estimate of drug-likeness (QED) is 0.725. The fourth-order valence-electron chi connectivity index (χ4n) is 3.46. The number of hydrogen-bond acceptors (Lipinski definition) is 2. The summed E-state index contributed by atoms with van der Waals surface area (Å²) in [7, 11) is 0. The van der Waals surface area contributed by atoms with Crippen LogP contribution in [0.2, 0.25) is 0 Å². The van der Waals surface area contributed by atoms with E-state index in [-0.39, 0.29) is 23.4 Å². The monoisotopic (exact) mass is 282 g/mol. The first-order valence-corrected chi connectivity index (χ1v) is 7.71. The summed E-state index contributed by atoms with van der Waals surface area (Å²) in [5, 5.41) is 14.9. The van der Waals surface area contributed by atoms with Crippen LogP contribution in [-0.4, -0.2) is 29.2 Å². The third-order valence-electron chi connectivity index (χ3n) is 4.94. The molecule has 0 aromatic heterocycles. The SMILES string of the molecule is CC1(NC(=O)NCC2(CC(=O)O)CCC2)CCCCC1. The Morgan fingerprint density at radius 1 is 1.05 bits per heavy atom. The van der Waals surface area contributed by atoms with Crippen LogP contribution in [0, 0.1) is 5.41 Å². The molecule has 0 atom stereocenters.